The summed E-state index contributed by atoms with van der Waals surface area (Å²) in [6.07, 6.45) is 8.46. The number of aryl methyl sites for hydroxylation is 1. The van der Waals surface area contributed by atoms with Crippen molar-refractivity contribution in [3.63, 3.8) is 0 Å². The van der Waals surface area contributed by atoms with Crippen LogP contribution in [0.2, 0.25) is 0 Å². The Morgan fingerprint density at radius 3 is 2.89 bits per heavy atom. The largest absolute Gasteiger partial charge is 0.490 e. The molecule has 2 aliphatic rings. The molecule has 4 bridgehead atoms. The van der Waals surface area contributed by atoms with Crippen molar-refractivity contribution in [2.75, 3.05) is 25.1 Å². The quantitative estimate of drug-likeness (QED) is 0.405. The molecule has 1 aliphatic carbocycles. The molecule has 0 aromatic carbocycles. The average Bonchev–Trinajstić information content (AvgIpc) is 3.45. The highest BCUT2D eigenvalue weighted by Crippen LogP contribution is 2.45. The minimum absolute atomic E-state index is 0.144. The summed E-state index contributed by atoms with van der Waals surface area (Å²) in [5.74, 6) is 3.62. The van der Waals surface area contributed by atoms with Gasteiger partial charge in [0, 0.05) is 56.2 Å². The highest BCUT2D eigenvalue weighted by Gasteiger charge is 2.39. The first-order valence-electron chi connectivity index (χ1n) is 12.8. The van der Waals surface area contributed by atoms with Crippen LogP contribution < -0.4 is 19.5 Å². The van der Waals surface area contributed by atoms with E-state index in [1.807, 2.05) is 37.8 Å². The van der Waals surface area contributed by atoms with Crippen LogP contribution >= 0.6 is 0 Å². The van der Waals surface area contributed by atoms with Crippen molar-refractivity contribution >= 4 is 11.6 Å². The highest BCUT2D eigenvalue weighted by molar-refractivity contribution is 5.75. The minimum atomic E-state index is -0.162. The Labute approximate surface area is 219 Å². The standard InChI is InChI=1S/C26H30N8O4/c1-4-36-25-19(13-34(32-25)20-9-16(20)14-35)17-11-28-23-10-21(17)38-15(2)6-8-37-26-18(12-29-33(26)3)24-27-7-5-22(30-23)31-24/h5,7,10-13,15-16,20,35H,4,6,8-9,14H2,1-3H3,(H,27,28,30,31)/t15-,16?,20?/m0/s1. The summed E-state index contributed by atoms with van der Waals surface area (Å²) >= 11 is 0. The fourth-order valence-corrected chi connectivity index (χ4v) is 4.57. The fraction of sp³-hybridized carbons (Fsp3) is 0.423. The Morgan fingerprint density at radius 1 is 1.18 bits per heavy atom. The molecule has 12 heteroatoms. The SMILES string of the molecule is CCOc1nn(C2CC2CO)cc1-c1cnc2cc1O[C@@H](C)CCOc1c(cnn1C)-c1nccc(n1)N2. The molecule has 3 atom stereocenters. The molecule has 0 saturated heterocycles. The third-order valence-electron chi connectivity index (χ3n) is 6.72. The molecule has 38 heavy (non-hydrogen) atoms. The van der Waals surface area contributed by atoms with Gasteiger partial charge in [-0.3, -0.25) is 4.68 Å². The fourth-order valence-electron chi connectivity index (χ4n) is 4.57. The molecule has 12 nitrogen and oxygen atoms in total. The van der Waals surface area contributed by atoms with Gasteiger partial charge in [0.25, 0.3) is 0 Å². The Hall–Kier alpha value is -4.19. The van der Waals surface area contributed by atoms with Crippen molar-refractivity contribution in [2.45, 2.75) is 38.8 Å². The summed E-state index contributed by atoms with van der Waals surface area (Å²) in [6, 6.07) is 3.79. The zero-order valence-electron chi connectivity index (χ0n) is 21.5. The van der Waals surface area contributed by atoms with Crippen LogP contribution in [-0.4, -0.2) is 65.5 Å². The molecule has 5 heterocycles. The van der Waals surface area contributed by atoms with Gasteiger partial charge in [0.05, 0.1) is 37.1 Å². The van der Waals surface area contributed by atoms with E-state index in [0.717, 1.165) is 17.5 Å². The second-order valence-corrected chi connectivity index (χ2v) is 9.52. The average molecular weight is 519 g/mol. The second kappa shape index (κ2) is 9.93. The maximum atomic E-state index is 9.55. The lowest BCUT2D eigenvalue weighted by Crippen LogP contribution is -2.17. The zero-order valence-corrected chi connectivity index (χ0v) is 21.5. The topological polar surface area (TPSA) is 134 Å². The first kappa shape index (κ1) is 24.2. The lowest BCUT2D eigenvalue weighted by Gasteiger charge is -2.19. The van der Waals surface area contributed by atoms with Crippen molar-refractivity contribution in [3.05, 3.63) is 36.9 Å². The van der Waals surface area contributed by atoms with Crippen LogP contribution in [0.1, 0.15) is 32.7 Å². The maximum Gasteiger partial charge on any atom is 0.240 e. The van der Waals surface area contributed by atoms with Gasteiger partial charge in [-0.1, -0.05) is 0 Å². The third-order valence-corrected chi connectivity index (χ3v) is 6.72. The molecule has 6 rings (SSSR count). The smallest absolute Gasteiger partial charge is 0.240 e. The molecule has 1 saturated carbocycles. The molecule has 4 aromatic heterocycles. The summed E-state index contributed by atoms with van der Waals surface area (Å²) in [5.41, 5.74) is 2.27. The highest BCUT2D eigenvalue weighted by atomic mass is 16.5. The number of rotatable bonds is 5. The Balaban J connectivity index is 1.39. The maximum absolute atomic E-state index is 9.55. The van der Waals surface area contributed by atoms with Gasteiger partial charge in [0.15, 0.2) is 5.82 Å². The molecule has 2 unspecified atom stereocenters. The zero-order chi connectivity index (χ0) is 26.2. The first-order chi connectivity index (χ1) is 18.5. The van der Waals surface area contributed by atoms with E-state index in [9.17, 15) is 5.11 Å². The van der Waals surface area contributed by atoms with Crippen LogP contribution in [0.5, 0.6) is 17.5 Å². The first-order valence-corrected chi connectivity index (χ1v) is 12.8. The summed E-state index contributed by atoms with van der Waals surface area (Å²) in [5, 5.41) is 21.8. The van der Waals surface area contributed by atoms with Crippen molar-refractivity contribution in [1.29, 1.82) is 0 Å². The number of fused-ring (bicyclic) bond motifs is 6. The molecule has 2 N–H and O–H groups in total. The number of nitrogens with one attached hydrogen (secondary N) is 1. The number of pyridine rings is 1. The number of hydrogen-bond donors (Lipinski definition) is 2. The number of aliphatic hydroxyl groups is 1. The number of nitrogens with zero attached hydrogens (tertiary/aromatic N) is 7. The van der Waals surface area contributed by atoms with E-state index in [4.69, 9.17) is 14.2 Å². The van der Waals surface area contributed by atoms with E-state index >= 15 is 0 Å². The van der Waals surface area contributed by atoms with Crippen LogP contribution in [0, 0.1) is 5.92 Å². The summed E-state index contributed by atoms with van der Waals surface area (Å²) in [6.45, 7) is 4.97. The molecule has 0 spiro atoms. The van der Waals surface area contributed by atoms with Crippen LogP contribution in [0.25, 0.3) is 22.5 Å². The second-order valence-electron chi connectivity index (χ2n) is 9.52. The van der Waals surface area contributed by atoms with E-state index < -0.39 is 0 Å². The summed E-state index contributed by atoms with van der Waals surface area (Å²) in [7, 11) is 1.82. The lowest BCUT2D eigenvalue weighted by molar-refractivity contribution is 0.173. The minimum Gasteiger partial charge on any atom is -0.490 e. The summed E-state index contributed by atoms with van der Waals surface area (Å²) < 4.78 is 22.0. The third kappa shape index (κ3) is 4.62. The van der Waals surface area contributed by atoms with Crippen LogP contribution in [0.4, 0.5) is 11.6 Å². The predicted octanol–water partition coefficient (Wildman–Crippen LogP) is 3.38. The Kier molecular flexibility index (Phi) is 6.32. The van der Waals surface area contributed by atoms with E-state index in [2.05, 4.69) is 30.5 Å². The number of ether oxygens (including phenoxy) is 3. The van der Waals surface area contributed by atoms with Gasteiger partial charge in [-0.05, 0) is 26.3 Å². The number of aliphatic hydroxyl groups excluding tert-OH is 1. The van der Waals surface area contributed by atoms with Gasteiger partial charge in [0.2, 0.25) is 11.8 Å². The summed E-state index contributed by atoms with van der Waals surface area (Å²) in [4.78, 5) is 13.7. The lowest BCUT2D eigenvalue weighted by atomic mass is 10.1. The van der Waals surface area contributed by atoms with Crippen molar-refractivity contribution in [3.8, 4) is 40.0 Å². The molecule has 1 fully saturated rings. The van der Waals surface area contributed by atoms with E-state index in [-0.39, 0.29) is 24.7 Å². The van der Waals surface area contributed by atoms with E-state index in [1.54, 1.807) is 29.3 Å². The Morgan fingerprint density at radius 2 is 2.08 bits per heavy atom. The molecular formula is C26H30N8O4. The van der Waals surface area contributed by atoms with Gasteiger partial charge >= 0.3 is 0 Å². The molecule has 4 aromatic rings. The van der Waals surface area contributed by atoms with Gasteiger partial charge in [-0.25, -0.2) is 19.6 Å². The number of hydrogen-bond acceptors (Lipinski definition) is 10. The molecule has 198 valence electrons. The van der Waals surface area contributed by atoms with Crippen LogP contribution in [0.15, 0.2) is 36.9 Å². The van der Waals surface area contributed by atoms with Gasteiger partial charge in [0.1, 0.15) is 22.9 Å². The van der Waals surface area contributed by atoms with E-state index in [0.29, 0.717) is 60.2 Å². The predicted molar refractivity (Wildman–Crippen MR) is 139 cm³/mol. The van der Waals surface area contributed by atoms with Crippen molar-refractivity contribution in [1.82, 2.24) is 34.5 Å². The number of anilines is 2. The molecule has 0 amide bonds. The van der Waals surface area contributed by atoms with E-state index in [1.165, 1.54) is 0 Å². The normalized spacial score (nSPS) is 20.4. The molecular weight excluding hydrogens is 488 g/mol. The molecule has 1 aliphatic heterocycles. The van der Waals surface area contributed by atoms with Gasteiger partial charge in [-0.2, -0.15) is 5.10 Å². The van der Waals surface area contributed by atoms with Crippen LogP contribution in [0.3, 0.4) is 0 Å². The Bertz CT molecular complexity index is 1450. The van der Waals surface area contributed by atoms with Crippen molar-refractivity contribution in [2.24, 2.45) is 13.0 Å². The molecule has 0 radical (unpaired) electrons. The number of aromatic nitrogens is 7. The van der Waals surface area contributed by atoms with Crippen molar-refractivity contribution < 1.29 is 19.3 Å². The van der Waals surface area contributed by atoms with Crippen LogP contribution in [-0.2, 0) is 7.05 Å². The van der Waals surface area contributed by atoms with Gasteiger partial charge < -0.3 is 24.6 Å². The van der Waals surface area contributed by atoms with Gasteiger partial charge in [-0.15, -0.1) is 5.10 Å². The monoisotopic (exact) mass is 518 g/mol.